The number of nitrogens with one attached hydrogen (secondary N) is 1. The van der Waals surface area contributed by atoms with Crippen LogP contribution in [0.4, 0.5) is 13.2 Å². The third kappa shape index (κ3) is 3.57. The van der Waals surface area contributed by atoms with E-state index in [0.29, 0.717) is 11.4 Å². The number of para-hydroxylation sites is 1. The smallest absolute Gasteiger partial charge is 0.361 e. The first-order valence-corrected chi connectivity index (χ1v) is 9.77. The maximum absolute atomic E-state index is 12.8. The highest BCUT2D eigenvalue weighted by atomic mass is 19.4. The van der Waals surface area contributed by atoms with Gasteiger partial charge in [0.1, 0.15) is 0 Å². The number of H-pyrrole nitrogens is 1. The van der Waals surface area contributed by atoms with Crippen molar-refractivity contribution in [3.63, 3.8) is 0 Å². The van der Waals surface area contributed by atoms with Crippen molar-refractivity contribution in [1.82, 2.24) is 19.9 Å². The molecule has 0 saturated carbocycles. The molecule has 0 spiro atoms. The second kappa shape index (κ2) is 7.25. The molecule has 0 saturated heterocycles. The number of aromatic amines is 1. The molecule has 0 fully saturated rings. The molecule has 7 heteroatoms. The van der Waals surface area contributed by atoms with Gasteiger partial charge in [-0.1, -0.05) is 30.3 Å². The summed E-state index contributed by atoms with van der Waals surface area (Å²) < 4.78 is 38.3. The lowest BCUT2D eigenvalue weighted by atomic mass is 10.1. The van der Waals surface area contributed by atoms with Gasteiger partial charge in [-0.2, -0.15) is 13.2 Å². The molecule has 1 aliphatic heterocycles. The highest BCUT2D eigenvalue weighted by molar-refractivity contribution is 5.82. The predicted molar refractivity (Wildman–Crippen MR) is 109 cm³/mol. The molecule has 4 nitrogen and oxygen atoms in total. The fourth-order valence-electron chi connectivity index (χ4n) is 3.96. The summed E-state index contributed by atoms with van der Waals surface area (Å²) in [5, 5.41) is 1.23. The van der Waals surface area contributed by atoms with E-state index in [2.05, 4.69) is 38.2 Å². The topological polar surface area (TPSA) is 44.8 Å². The number of hydrogen-bond acceptors (Lipinski definition) is 3. The van der Waals surface area contributed by atoms with E-state index in [9.17, 15) is 13.2 Å². The zero-order chi connectivity index (χ0) is 20.7. The van der Waals surface area contributed by atoms with Crippen LogP contribution in [0.2, 0.25) is 0 Å². The van der Waals surface area contributed by atoms with Crippen LogP contribution in [0.1, 0.15) is 22.4 Å². The highest BCUT2D eigenvalue weighted by Crippen LogP contribution is 2.31. The van der Waals surface area contributed by atoms with E-state index in [0.717, 1.165) is 55.0 Å². The maximum atomic E-state index is 12.8. The van der Waals surface area contributed by atoms with Crippen LogP contribution < -0.4 is 0 Å². The first-order chi connectivity index (χ1) is 14.5. The van der Waals surface area contributed by atoms with Crippen molar-refractivity contribution in [2.75, 3.05) is 6.54 Å². The van der Waals surface area contributed by atoms with Crippen molar-refractivity contribution in [2.45, 2.75) is 25.7 Å². The summed E-state index contributed by atoms with van der Waals surface area (Å²) in [7, 11) is 0. The Bertz CT molecular complexity index is 1200. The van der Waals surface area contributed by atoms with Crippen molar-refractivity contribution in [3.05, 3.63) is 83.3 Å². The third-order valence-electron chi connectivity index (χ3n) is 5.55. The van der Waals surface area contributed by atoms with Gasteiger partial charge in [-0.15, -0.1) is 0 Å². The molecular weight excluding hydrogens is 389 g/mol. The zero-order valence-electron chi connectivity index (χ0n) is 16.1. The van der Waals surface area contributed by atoms with E-state index in [1.165, 1.54) is 23.1 Å². The molecule has 5 rings (SSSR count). The number of fused-ring (bicyclic) bond motifs is 2. The van der Waals surface area contributed by atoms with E-state index in [-0.39, 0.29) is 0 Å². The molecule has 1 N–H and O–H groups in total. The van der Waals surface area contributed by atoms with E-state index >= 15 is 0 Å². The average Bonchev–Trinajstić information content (AvgIpc) is 3.16. The number of halogens is 3. The Kier molecular flexibility index (Phi) is 4.55. The number of benzene rings is 2. The van der Waals surface area contributed by atoms with Gasteiger partial charge in [0.2, 0.25) is 0 Å². The number of nitrogens with zero attached hydrogens (tertiary/aromatic N) is 3. The van der Waals surface area contributed by atoms with Crippen molar-refractivity contribution < 1.29 is 13.2 Å². The maximum Gasteiger partial charge on any atom is 0.416 e. The summed E-state index contributed by atoms with van der Waals surface area (Å²) in [6.07, 6.45) is 0.304. The SMILES string of the molecule is FC(F)(F)c1ccc(-c2ncc3c(n2)CCN(Cc2c[nH]c4ccccc24)C3)cc1. The highest BCUT2D eigenvalue weighted by Gasteiger charge is 2.30. The van der Waals surface area contributed by atoms with Gasteiger partial charge in [0.25, 0.3) is 0 Å². The Morgan fingerprint density at radius 1 is 1.03 bits per heavy atom. The van der Waals surface area contributed by atoms with Gasteiger partial charge in [0.05, 0.1) is 11.3 Å². The standard InChI is InChI=1S/C23H19F3N4/c24-23(25,26)18-7-5-15(6-8-18)22-28-12-17-14-30(10-9-20(17)29-22)13-16-11-27-21-4-2-1-3-19(16)21/h1-8,11-12,27H,9-10,13-14H2. The average molecular weight is 408 g/mol. The molecule has 0 bridgehead atoms. The van der Waals surface area contributed by atoms with Crippen LogP contribution >= 0.6 is 0 Å². The van der Waals surface area contributed by atoms with Crippen LogP contribution in [-0.2, 0) is 25.7 Å². The number of aromatic nitrogens is 3. The molecule has 0 aliphatic carbocycles. The second-order valence-electron chi connectivity index (χ2n) is 7.56. The van der Waals surface area contributed by atoms with Crippen LogP contribution in [0, 0.1) is 0 Å². The summed E-state index contributed by atoms with van der Waals surface area (Å²) in [5.74, 6) is 0.465. The summed E-state index contributed by atoms with van der Waals surface area (Å²) >= 11 is 0. The molecule has 30 heavy (non-hydrogen) atoms. The van der Waals surface area contributed by atoms with Gasteiger partial charge in [0.15, 0.2) is 5.82 Å². The van der Waals surface area contributed by atoms with E-state index in [4.69, 9.17) is 0 Å². The summed E-state index contributed by atoms with van der Waals surface area (Å²) in [6.45, 7) is 2.46. The molecule has 2 aromatic carbocycles. The van der Waals surface area contributed by atoms with E-state index in [1.807, 2.05) is 12.1 Å². The fourth-order valence-corrected chi connectivity index (χ4v) is 3.96. The Morgan fingerprint density at radius 3 is 2.63 bits per heavy atom. The Labute approximate surface area is 171 Å². The van der Waals surface area contributed by atoms with Crippen LogP contribution in [0.5, 0.6) is 0 Å². The third-order valence-corrected chi connectivity index (χ3v) is 5.55. The van der Waals surface area contributed by atoms with Crippen LogP contribution in [0.3, 0.4) is 0 Å². The van der Waals surface area contributed by atoms with Crippen LogP contribution in [0.25, 0.3) is 22.3 Å². The number of rotatable bonds is 3. The molecule has 2 aromatic heterocycles. The van der Waals surface area contributed by atoms with E-state index in [1.54, 1.807) is 6.20 Å². The summed E-state index contributed by atoms with van der Waals surface area (Å²) in [6, 6.07) is 13.3. The zero-order valence-corrected chi connectivity index (χ0v) is 16.1. The van der Waals surface area contributed by atoms with E-state index < -0.39 is 11.7 Å². The van der Waals surface area contributed by atoms with Gasteiger partial charge >= 0.3 is 6.18 Å². The molecule has 3 heterocycles. The molecule has 1 aliphatic rings. The minimum Gasteiger partial charge on any atom is -0.361 e. The van der Waals surface area contributed by atoms with Crippen molar-refractivity contribution in [3.8, 4) is 11.4 Å². The van der Waals surface area contributed by atoms with Gasteiger partial charge < -0.3 is 4.98 Å². The Morgan fingerprint density at radius 2 is 1.83 bits per heavy atom. The molecule has 0 amide bonds. The number of alkyl halides is 3. The second-order valence-corrected chi connectivity index (χ2v) is 7.56. The first kappa shape index (κ1) is 18.8. The monoisotopic (exact) mass is 408 g/mol. The summed E-state index contributed by atoms with van der Waals surface area (Å²) in [4.78, 5) is 14.7. The molecule has 4 aromatic rings. The minimum atomic E-state index is -4.34. The molecule has 0 atom stereocenters. The largest absolute Gasteiger partial charge is 0.416 e. The lowest BCUT2D eigenvalue weighted by Crippen LogP contribution is -2.30. The van der Waals surface area contributed by atoms with Gasteiger partial charge in [-0.05, 0) is 23.8 Å². The Hall–Kier alpha value is -3.19. The minimum absolute atomic E-state index is 0.465. The van der Waals surface area contributed by atoms with Gasteiger partial charge in [-0.25, -0.2) is 9.97 Å². The fraction of sp³-hybridized carbons (Fsp3) is 0.217. The van der Waals surface area contributed by atoms with Crippen molar-refractivity contribution >= 4 is 10.9 Å². The van der Waals surface area contributed by atoms with Crippen LogP contribution in [0.15, 0.2) is 60.9 Å². The summed E-state index contributed by atoms with van der Waals surface area (Å²) in [5.41, 5.74) is 4.35. The molecule has 152 valence electrons. The first-order valence-electron chi connectivity index (χ1n) is 9.77. The van der Waals surface area contributed by atoms with Gasteiger partial charge in [0, 0.05) is 60.5 Å². The lowest BCUT2D eigenvalue weighted by Gasteiger charge is -2.27. The molecule has 0 radical (unpaired) electrons. The van der Waals surface area contributed by atoms with Crippen molar-refractivity contribution in [2.24, 2.45) is 0 Å². The predicted octanol–water partition coefficient (Wildman–Crippen LogP) is 5.20. The van der Waals surface area contributed by atoms with Crippen LogP contribution in [-0.4, -0.2) is 26.4 Å². The molecular formula is C23H19F3N4. The normalized spacial score (nSPS) is 14.8. The quantitative estimate of drug-likeness (QED) is 0.507. The molecule has 0 unspecified atom stereocenters. The Balaban J connectivity index is 1.33. The lowest BCUT2D eigenvalue weighted by molar-refractivity contribution is -0.137. The van der Waals surface area contributed by atoms with Crippen molar-refractivity contribution in [1.29, 1.82) is 0 Å². The van der Waals surface area contributed by atoms with Gasteiger partial charge in [-0.3, -0.25) is 4.90 Å². The number of hydrogen-bond donors (Lipinski definition) is 1.